The molecule has 120 valence electrons. The summed E-state index contributed by atoms with van der Waals surface area (Å²) in [4.78, 5) is 12.5. The van der Waals surface area contributed by atoms with E-state index in [4.69, 9.17) is 4.74 Å². The minimum absolute atomic E-state index is 0.0162. The maximum atomic E-state index is 12.5. The Kier molecular flexibility index (Phi) is 4.50. The first-order chi connectivity index (χ1) is 10.6. The molecular weight excluding hydrogens is 276 g/mol. The molecule has 0 bridgehead atoms. The van der Waals surface area contributed by atoms with Gasteiger partial charge in [0.2, 0.25) is 5.91 Å². The van der Waals surface area contributed by atoms with E-state index in [9.17, 15) is 4.79 Å². The van der Waals surface area contributed by atoms with Crippen molar-refractivity contribution in [2.24, 2.45) is 5.41 Å². The van der Waals surface area contributed by atoms with Crippen molar-refractivity contribution in [3.63, 3.8) is 0 Å². The van der Waals surface area contributed by atoms with Crippen LogP contribution in [0.3, 0.4) is 0 Å². The number of fused-ring (bicyclic) bond motifs is 1. The molecule has 2 aliphatic heterocycles. The Bertz CT molecular complexity index is 542. The average molecular weight is 302 g/mol. The summed E-state index contributed by atoms with van der Waals surface area (Å²) in [6.07, 6.45) is 3.17. The lowest BCUT2D eigenvalue weighted by molar-refractivity contribution is -0.127. The quantitative estimate of drug-likeness (QED) is 0.898. The fourth-order valence-electron chi connectivity index (χ4n) is 3.52. The van der Waals surface area contributed by atoms with Crippen LogP contribution in [0.1, 0.15) is 37.8 Å². The van der Waals surface area contributed by atoms with E-state index in [1.165, 1.54) is 11.1 Å². The van der Waals surface area contributed by atoms with E-state index < -0.39 is 0 Å². The minimum atomic E-state index is -0.0999. The van der Waals surface area contributed by atoms with Crippen molar-refractivity contribution in [1.82, 2.24) is 10.6 Å². The summed E-state index contributed by atoms with van der Waals surface area (Å²) in [5.74, 6) is 0.104. The highest BCUT2D eigenvalue weighted by Crippen LogP contribution is 2.30. The van der Waals surface area contributed by atoms with Gasteiger partial charge in [0, 0.05) is 13.0 Å². The van der Waals surface area contributed by atoms with E-state index in [0.717, 1.165) is 25.8 Å². The smallest absolute Gasteiger partial charge is 0.237 e. The topological polar surface area (TPSA) is 50.4 Å². The van der Waals surface area contributed by atoms with Gasteiger partial charge in [-0.15, -0.1) is 0 Å². The third kappa shape index (κ3) is 3.33. The van der Waals surface area contributed by atoms with Crippen LogP contribution in [0.15, 0.2) is 24.3 Å². The number of hydrogen-bond acceptors (Lipinski definition) is 3. The summed E-state index contributed by atoms with van der Waals surface area (Å²) in [6.45, 7) is 6.48. The van der Waals surface area contributed by atoms with Crippen molar-refractivity contribution in [2.75, 3.05) is 13.1 Å². The number of ether oxygens (including phenoxy) is 1. The molecule has 2 heterocycles. The van der Waals surface area contributed by atoms with Crippen molar-refractivity contribution in [3.8, 4) is 0 Å². The molecule has 0 aliphatic carbocycles. The van der Waals surface area contributed by atoms with E-state index in [1.54, 1.807) is 0 Å². The molecule has 1 aromatic rings. The van der Waals surface area contributed by atoms with E-state index in [0.29, 0.717) is 13.2 Å². The van der Waals surface area contributed by atoms with Gasteiger partial charge in [-0.25, -0.2) is 0 Å². The van der Waals surface area contributed by atoms with Gasteiger partial charge in [-0.1, -0.05) is 38.1 Å². The Morgan fingerprint density at radius 1 is 1.36 bits per heavy atom. The molecule has 22 heavy (non-hydrogen) atoms. The molecule has 0 spiro atoms. The Balaban J connectivity index is 1.54. The second kappa shape index (κ2) is 6.39. The Labute approximate surface area is 132 Å². The van der Waals surface area contributed by atoms with Gasteiger partial charge in [0.05, 0.1) is 18.8 Å². The molecule has 3 rings (SSSR count). The van der Waals surface area contributed by atoms with Crippen molar-refractivity contribution in [3.05, 3.63) is 35.4 Å². The monoisotopic (exact) mass is 302 g/mol. The van der Waals surface area contributed by atoms with Gasteiger partial charge >= 0.3 is 0 Å². The van der Waals surface area contributed by atoms with Gasteiger partial charge in [-0.05, 0) is 35.9 Å². The molecule has 1 amide bonds. The van der Waals surface area contributed by atoms with E-state index >= 15 is 0 Å². The second-order valence-corrected chi connectivity index (χ2v) is 7.13. The fraction of sp³-hybridized carbons (Fsp3) is 0.611. The number of amides is 1. The van der Waals surface area contributed by atoms with Crippen LogP contribution in [0.4, 0.5) is 0 Å². The number of piperidine rings is 1. The second-order valence-electron chi connectivity index (χ2n) is 7.13. The van der Waals surface area contributed by atoms with Crippen LogP contribution in [0, 0.1) is 5.41 Å². The normalized spacial score (nSPS) is 27.0. The van der Waals surface area contributed by atoms with Crippen LogP contribution in [0.2, 0.25) is 0 Å². The average Bonchev–Trinajstić information content (AvgIpc) is 2.52. The fourth-order valence-corrected chi connectivity index (χ4v) is 3.52. The standard InChI is InChI=1S/C18H26N2O2/c1-18(2)8-5-9-19-16(18)17(21)20-11-15-10-13-6-3-4-7-14(13)12-22-15/h3-4,6-7,15-16,19H,5,8-12H2,1-2H3,(H,20,21)/t15-,16?/m0/s1. The summed E-state index contributed by atoms with van der Waals surface area (Å²) in [5, 5.41) is 6.44. The Morgan fingerprint density at radius 2 is 2.14 bits per heavy atom. The number of carbonyl (C=O) groups is 1. The summed E-state index contributed by atoms with van der Waals surface area (Å²) in [5.41, 5.74) is 2.62. The van der Waals surface area contributed by atoms with Gasteiger partial charge in [-0.3, -0.25) is 4.79 Å². The molecule has 2 aliphatic rings. The first kappa shape index (κ1) is 15.5. The molecule has 1 unspecified atom stereocenters. The van der Waals surface area contributed by atoms with Crippen LogP contribution < -0.4 is 10.6 Å². The molecule has 1 aromatic carbocycles. The highest BCUT2D eigenvalue weighted by atomic mass is 16.5. The Hall–Kier alpha value is -1.39. The highest BCUT2D eigenvalue weighted by molar-refractivity contribution is 5.82. The third-order valence-electron chi connectivity index (χ3n) is 4.93. The molecule has 2 N–H and O–H groups in total. The van der Waals surface area contributed by atoms with E-state index in [-0.39, 0.29) is 23.5 Å². The summed E-state index contributed by atoms with van der Waals surface area (Å²) in [6, 6.07) is 8.27. The zero-order valence-electron chi connectivity index (χ0n) is 13.5. The van der Waals surface area contributed by atoms with Gasteiger partial charge < -0.3 is 15.4 Å². The molecule has 0 saturated carbocycles. The van der Waals surface area contributed by atoms with Crippen molar-refractivity contribution < 1.29 is 9.53 Å². The van der Waals surface area contributed by atoms with Crippen LogP contribution in [0.25, 0.3) is 0 Å². The lowest BCUT2D eigenvalue weighted by atomic mass is 9.77. The predicted molar refractivity (Wildman–Crippen MR) is 86.5 cm³/mol. The molecule has 0 radical (unpaired) electrons. The minimum Gasteiger partial charge on any atom is -0.371 e. The molecule has 1 saturated heterocycles. The summed E-state index contributed by atoms with van der Waals surface area (Å²) < 4.78 is 5.86. The zero-order chi connectivity index (χ0) is 15.6. The molecular formula is C18H26N2O2. The van der Waals surface area contributed by atoms with Crippen LogP contribution in [-0.2, 0) is 22.6 Å². The number of benzene rings is 1. The first-order valence-electron chi connectivity index (χ1n) is 8.26. The van der Waals surface area contributed by atoms with Crippen LogP contribution in [-0.4, -0.2) is 31.1 Å². The third-order valence-corrected chi connectivity index (χ3v) is 4.93. The van der Waals surface area contributed by atoms with Crippen LogP contribution in [0.5, 0.6) is 0 Å². The van der Waals surface area contributed by atoms with E-state index in [2.05, 4.69) is 42.7 Å². The number of nitrogens with one attached hydrogen (secondary N) is 2. The van der Waals surface area contributed by atoms with Crippen molar-refractivity contribution in [1.29, 1.82) is 0 Å². The van der Waals surface area contributed by atoms with Gasteiger partial charge in [-0.2, -0.15) is 0 Å². The molecule has 4 heteroatoms. The van der Waals surface area contributed by atoms with Crippen LogP contribution >= 0.6 is 0 Å². The maximum Gasteiger partial charge on any atom is 0.237 e. The van der Waals surface area contributed by atoms with Crippen molar-refractivity contribution in [2.45, 2.75) is 51.9 Å². The van der Waals surface area contributed by atoms with Gasteiger partial charge in [0.25, 0.3) is 0 Å². The zero-order valence-corrected chi connectivity index (χ0v) is 13.5. The maximum absolute atomic E-state index is 12.5. The SMILES string of the molecule is CC1(C)CCCNC1C(=O)NC[C@@H]1Cc2ccccc2CO1. The number of rotatable bonds is 3. The first-order valence-corrected chi connectivity index (χ1v) is 8.26. The van der Waals surface area contributed by atoms with Gasteiger partial charge in [0.15, 0.2) is 0 Å². The summed E-state index contributed by atoms with van der Waals surface area (Å²) in [7, 11) is 0. The lowest BCUT2D eigenvalue weighted by Gasteiger charge is -2.38. The molecule has 1 fully saturated rings. The van der Waals surface area contributed by atoms with E-state index in [1.807, 2.05) is 6.07 Å². The largest absolute Gasteiger partial charge is 0.371 e. The van der Waals surface area contributed by atoms with Crippen molar-refractivity contribution >= 4 is 5.91 Å². The number of carbonyl (C=O) groups excluding carboxylic acids is 1. The molecule has 2 atom stereocenters. The summed E-state index contributed by atoms with van der Waals surface area (Å²) >= 11 is 0. The number of hydrogen-bond donors (Lipinski definition) is 2. The van der Waals surface area contributed by atoms with Gasteiger partial charge in [0.1, 0.15) is 0 Å². The lowest BCUT2D eigenvalue weighted by Crippen LogP contribution is -2.56. The highest BCUT2D eigenvalue weighted by Gasteiger charge is 2.37. The predicted octanol–water partition coefficient (Wildman–Crippen LogP) is 2.02. The Morgan fingerprint density at radius 3 is 2.91 bits per heavy atom. The molecule has 0 aromatic heterocycles. The molecule has 4 nitrogen and oxygen atoms in total.